The number of carbonyl (C=O) groups is 1. The van der Waals surface area contributed by atoms with Gasteiger partial charge in [-0.2, -0.15) is 13.2 Å². The molecule has 6 unspecified atom stereocenters. The molecule has 0 heterocycles. The molecule has 4 aliphatic carbocycles. The second-order valence-corrected chi connectivity index (χ2v) is 9.74. The summed E-state index contributed by atoms with van der Waals surface area (Å²) >= 11 is 0. The van der Waals surface area contributed by atoms with E-state index in [-0.39, 0.29) is 10.8 Å². The largest absolute Gasteiger partial charge is 0.490 e. The van der Waals surface area contributed by atoms with Crippen LogP contribution in [-0.2, 0) is 14.4 Å². The van der Waals surface area contributed by atoms with Crippen molar-refractivity contribution in [1.82, 2.24) is 0 Å². The van der Waals surface area contributed by atoms with Crippen molar-refractivity contribution in [1.29, 1.82) is 0 Å². The van der Waals surface area contributed by atoms with Crippen LogP contribution in [0.15, 0.2) is 16.8 Å². The molecule has 0 N–H and O–H groups in total. The quantitative estimate of drug-likeness (QED) is 0.345. The van der Waals surface area contributed by atoms with Crippen molar-refractivity contribution in [3.8, 4) is 0 Å². The molecule has 4 aliphatic rings. The number of nitrogens with zero attached hydrogens (tertiary/aromatic N) is 1. The van der Waals surface area contributed by atoms with Crippen LogP contribution in [0.4, 0.5) is 13.2 Å². The van der Waals surface area contributed by atoms with E-state index >= 15 is 0 Å². The van der Waals surface area contributed by atoms with E-state index in [2.05, 4.69) is 25.1 Å². The summed E-state index contributed by atoms with van der Waals surface area (Å²) in [5, 5.41) is 4.33. The lowest BCUT2D eigenvalue weighted by Crippen LogP contribution is -2.50. The highest BCUT2D eigenvalue weighted by Gasteiger charge is 2.58. The highest BCUT2D eigenvalue weighted by molar-refractivity contribution is 5.92. The van der Waals surface area contributed by atoms with Crippen LogP contribution in [0.5, 0.6) is 0 Å². The highest BCUT2D eigenvalue weighted by Crippen LogP contribution is 2.64. The Morgan fingerprint density at radius 1 is 1.14 bits per heavy atom. The van der Waals surface area contributed by atoms with Gasteiger partial charge in [0, 0.05) is 11.8 Å². The number of oxime groups is 1. The first kappa shape index (κ1) is 20.7. The SMILES string of the molecule is CO/N=C1\CCC2C3CC=C4CC(OC(=O)C(F)(F)F)CCC4(C)C3CCC12C. The Labute approximate surface area is 169 Å². The van der Waals surface area contributed by atoms with Gasteiger partial charge in [-0.15, -0.1) is 0 Å². The average molecular weight is 413 g/mol. The molecule has 0 saturated heterocycles. The molecule has 0 aromatic rings. The molecule has 4 rings (SSSR count). The Bertz CT molecular complexity index is 746. The van der Waals surface area contributed by atoms with Gasteiger partial charge >= 0.3 is 12.1 Å². The van der Waals surface area contributed by atoms with Crippen molar-refractivity contribution in [3.63, 3.8) is 0 Å². The van der Waals surface area contributed by atoms with Gasteiger partial charge < -0.3 is 9.57 Å². The summed E-state index contributed by atoms with van der Waals surface area (Å²) in [4.78, 5) is 16.4. The molecule has 3 saturated carbocycles. The fraction of sp³-hybridized carbons (Fsp3) is 0.818. The third kappa shape index (κ3) is 3.28. The molecule has 0 aromatic heterocycles. The minimum absolute atomic E-state index is 0.00740. The van der Waals surface area contributed by atoms with Crippen LogP contribution in [0, 0.1) is 28.6 Å². The Morgan fingerprint density at radius 2 is 1.83 bits per heavy atom. The van der Waals surface area contributed by atoms with E-state index in [0.717, 1.165) is 38.5 Å². The summed E-state index contributed by atoms with van der Waals surface area (Å²) in [5.74, 6) is -0.390. The first-order valence-corrected chi connectivity index (χ1v) is 10.7. The summed E-state index contributed by atoms with van der Waals surface area (Å²) in [6, 6.07) is 0. The monoisotopic (exact) mass is 413 g/mol. The van der Waals surface area contributed by atoms with Gasteiger partial charge in [0.2, 0.25) is 0 Å². The topological polar surface area (TPSA) is 47.9 Å². The van der Waals surface area contributed by atoms with Crippen molar-refractivity contribution < 1.29 is 27.5 Å². The normalized spacial score (nSPS) is 43.1. The Balaban J connectivity index is 1.53. The van der Waals surface area contributed by atoms with E-state index in [1.165, 1.54) is 11.3 Å². The second-order valence-electron chi connectivity index (χ2n) is 9.74. The standard InChI is InChI=1S/C22H30F3NO3/c1-20-10-8-14(29-19(27)22(23,24)25)12-13(20)4-5-15-16-6-7-18(26-28-3)21(16,2)11-9-17(15)20/h4,14-17H,5-12H2,1-3H3/b26-18+. The van der Waals surface area contributed by atoms with E-state index in [0.29, 0.717) is 30.6 Å². The number of alkyl halides is 3. The van der Waals surface area contributed by atoms with Crippen molar-refractivity contribution in [2.24, 2.45) is 33.7 Å². The van der Waals surface area contributed by atoms with Crippen LogP contribution >= 0.6 is 0 Å². The Kier molecular flexibility index (Phi) is 5.02. The molecule has 162 valence electrons. The third-order valence-corrected chi connectivity index (χ3v) is 8.51. The van der Waals surface area contributed by atoms with Crippen LogP contribution in [0.3, 0.4) is 0 Å². The minimum atomic E-state index is -4.93. The summed E-state index contributed by atoms with van der Waals surface area (Å²) in [7, 11) is 1.61. The number of halogens is 3. The van der Waals surface area contributed by atoms with Gasteiger partial charge in [0.05, 0.1) is 5.71 Å². The summed E-state index contributed by atoms with van der Waals surface area (Å²) in [5.41, 5.74) is 2.47. The zero-order chi connectivity index (χ0) is 21.0. The number of rotatable bonds is 2. The van der Waals surface area contributed by atoms with E-state index in [9.17, 15) is 18.0 Å². The molecule has 29 heavy (non-hydrogen) atoms. The molecule has 0 aromatic carbocycles. The maximum Gasteiger partial charge on any atom is 0.490 e. The number of hydrogen-bond acceptors (Lipinski definition) is 4. The van der Waals surface area contributed by atoms with Crippen molar-refractivity contribution in [2.75, 3.05) is 7.11 Å². The molecule has 0 spiro atoms. The van der Waals surface area contributed by atoms with Crippen LogP contribution in [0.25, 0.3) is 0 Å². The summed E-state index contributed by atoms with van der Waals surface area (Å²) < 4.78 is 42.5. The van der Waals surface area contributed by atoms with Gasteiger partial charge in [-0.1, -0.05) is 30.7 Å². The second kappa shape index (κ2) is 7.02. The molecule has 0 radical (unpaired) electrons. The number of ether oxygens (including phenoxy) is 1. The van der Waals surface area contributed by atoms with Gasteiger partial charge in [-0.25, -0.2) is 4.79 Å². The maximum atomic E-state index is 12.6. The molecule has 0 aliphatic heterocycles. The predicted molar refractivity (Wildman–Crippen MR) is 102 cm³/mol. The molecular formula is C22H30F3NO3. The predicted octanol–water partition coefficient (Wildman–Crippen LogP) is 5.43. The molecule has 7 heteroatoms. The maximum absolute atomic E-state index is 12.6. The lowest BCUT2D eigenvalue weighted by molar-refractivity contribution is -0.206. The van der Waals surface area contributed by atoms with Crippen LogP contribution in [-0.4, -0.2) is 31.1 Å². The van der Waals surface area contributed by atoms with Gasteiger partial charge in [0.15, 0.2) is 0 Å². The average Bonchev–Trinajstić information content (AvgIpc) is 2.98. The Morgan fingerprint density at radius 3 is 2.52 bits per heavy atom. The zero-order valence-corrected chi connectivity index (χ0v) is 17.3. The molecule has 6 atom stereocenters. The zero-order valence-electron chi connectivity index (χ0n) is 17.3. The number of carbonyl (C=O) groups excluding carboxylic acids is 1. The van der Waals surface area contributed by atoms with E-state index < -0.39 is 18.2 Å². The molecule has 0 bridgehead atoms. The molecule has 4 nitrogen and oxygen atoms in total. The molecular weight excluding hydrogens is 383 g/mol. The van der Waals surface area contributed by atoms with Crippen LogP contribution in [0.1, 0.15) is 65.2 Å². The number of esters is 1. The van der Waals surface area contributed by atoms with E-state index in [1.807, 2.05) is 0 Å². The fourth-order valence-corrected chi connectivity index (χ4v) is 7.00. The first-order chi connectivity index (χ1) is 13.6. The number of allylic oxidation sites excluding steroid dienone is 1. The van der Waals surface area contributed by atoms with Gasteiger partial charge in [-0.05, 0) is 68.1 Å². The van der Waals surface area contributed by atoms with Gasteiger partial charge in [0.1, 0.15) is 13.2 Å². The van der Waals surface area contributed by atoms with Crippen molar-refractivity contribution >= 4 is 11.7 Å². The van der Waals surface area contributed by atoms with Gasteiger partial charge in [0.25, 0.3) is 0 Å². The fourth-order valence-electron chi connectivity index (χ4n) is 7.00. The minimum Gasteiger partial charge on any atom is -0.455 e. The lowest BCUT2D eigenvalue weighted by Gasteiger charge is -2.57. The molecule has 0 amide bonds. The highest BCUT2D eigenvalue weighted by atomic mass is 19.4. The first-order valence-electron chi connectivity index (χ1n) is 10.7. The smallest absolute Gasteiger partial charge is 0.455 e. The van der Waals surface area contributed by atoms with E-state index in [1.54, 1.807) is 7.11 Å². The summed E-state index contributed by atoms with van der Waals surface area (Å²) in [6.07, 6.45) is 3.60. The van der Waals surface area contributed by atoms with Crippen molar-refractivity contribution in [3.05, 3.63) is 11.6 Å². The lowest BCUT2D eigenvalue weighted by atomic mass is 9.48. The number of fused-ring (bicyclic) bond motifs is 5. The molecule has 3 fully saturated rings. The van der Waals surface area contributed by atoms with Gasteiger partial charge in [-0.3, -0.25) is 0 Å². The van der Waals surface area contributed by atoms with Crippen molar-refractivity contribution in [2.45, 2.75) is 77.5 Å². The van der Waals surface area contributed by atoms with E-state index in [4.69, 9.17) is 9.57 Å². The third-order valence-electron chi connectivity index (χ3n) is 8.51. The van der Waals surface area contributed by atoms with Crippen LogP contribution in [0.2, 0.25) is 0 Å². The number of hydrogen-bond donors (Lipinski definition) is 0. The summed E-state index contributed by atoms with van der Waals surface area (Å²) in [6.45, 7) is 4.60. The Hall–Kier alpha value is -1.53. The van der Waals surface area contributed by atoms with Crippen LogP contribution < -0.4 is 0 Å².